The standard InChI is InChI=1S/C24H30N2O2/c1-19(27)23(17-21-10-6-3-7-11-21)25-24(28)18-26-14-12-22(13-15-26)16-20-8-4-2-5-9-20/h2-11,22-23H,12-18H2,1H3,(H,25,28)/t23-/m0/s1. The van der Waals surface area contributed by atoms with E-state index < -0.39 is 6.04 Å². The normalized spacial score (nSPS) is 16.5. The summed E-state index contributed by atoms with van der Waals surface area (Å²) in [5.41, 5.74) is 2.45. The number of ketones is 1. The van der Waals surface area contributed by atoms with Gasteiger partial charge in [0.1, 0.15) is 0 Å². The van der Waals surface area contributed by atoms with Crippen molar-refractivity contribution >= 4 is 11.7 Å². The second-order valence-corrected chi connectivity index (χ2v) is 7.83. The molecule has 1 saturated heterocycles. The van der Waals surface area contributed by atoms with E-state index in [0.717, 1.165) is 37.9 Å². The number of hydrogen-bond acceptors (Lipinski definition) is 3. The number of nitrogens with zero attached hydrogens (tertiary/aromatic N) is 1. The largest absolute Gasteiger partial charge is 0.345 e. The van der Waals surface area contributed by atoms with Crippen molar-refractivity contribution in [1.82, 2.24) is 10.2 Å². The first-order valence-electron chi connectivity index (χ1n) is 10.2. The van der Waals surface area contributed by atoms with E-state index in [1.165, 1.54) is 5.56 Å². The fourth-order valence-corrected chi connectivity index (χ4v) is 3.89. The number of Topliss-reactive ketones (excluding diaryl/α,β-unsaturated/α-hetero) is 1. The van der Waals surface area contributed by atoms with Gasteiger partial charge in [-0.05, 0) is 62.7 Å². The van der Waals surface area contributed by atoms with Crippen molar-refractivity contribution in [2.24, 2.45) is 5.92 Å². The molecular formula is C24H30N2O2. The van der Waals surface area contributed by atoms with Crippen LogP contribution in [0.2, 0.25) is 0 Å². The van der Waals surface area contributed by atoms with Crippen LogP contribution in [0.1, 0.15) is 30.9 Å². The van der Waals surface area contributed by atoms with Gasteiger partial charge in [0.15, 0.2) is 5.78 Å². The molecule has 4 nitrogen and oxygen atoms in total. The zero-order valence-corrected chi connectivity index (χ0v) is 16.6. The van der Waals surface area contributed by atoms with Crippen molar-refractivity contribution in [3.8, 4) is 0 Å². The van der Waals surface area contributed by atoms with Crippen molar-refractivity contribution in [2.45, 2.75) is 38.6 Å². The van der Waals surface area contributed by atoms with Gasteiger partial charge in [0.2, 0.25) is 5.91 Å². The molecule has 1 aliphatic rings. The van der Waals surface area contributed by atoms with E-state index in [2.05, 4.69) is 40.5 Å². The van der Waals surface area contributed by atoms with E-state index in [-0.39, 0.29) is 11.7 Å². The van der Waals surface area contributed by atoms with Crippen molar-refractivity contribution in [1.29, 1.82) is 0 Å². The van der Waals surface area contributed by atoms with Crippen molar-refractivity contribution < 1.29 is 9.59 Å². The molecular weight excluding hydrogens is 348 g/mol. The zero-order valence-electron chi connectivity index (χ0n) is 16.6. The summed E-state index contributed by atoms with van der Waals surface area (Å²) in [5, 5.41) is 2.93. The Hall–Kier alpha value is -2.46. The number of piperidine rings is 1. The van der Waals surface area contributed by atoms with E-state index in [4.69, 9.17) is 0 Å². The second-order valence-electron chi connectivity index (χ2n) is 7.83. The Morgan fingerprint density at radius 1 is 0.964 bits per heavy atom. The molecule has 2 aromatic carbocycles. The third-order valence-electron chi connectivity index (χ3n) is 5.55. The first-order chi connectivity index (χ1) is 13.6. The summed E-state index contributed by atoms with van der Waals surface area (Å²) in [6.07, 6.45) is 3.88. The number of benzene rings is 2. The molecule has 0 bridgehead atoms. The minimum atomic E-state index is -0.453. The highest BCUT2D eigenvalue weighted by Crippen LogP contribution is 2.21. The van der Waals surface area contributed by atoms with Crippen LogP contribution in [0.25, 0.3) is 0 Å². The van der Waals surface area contributed by atoms with Crippen molar-refractivity contribution in [3.63, 3.8) is 0 Å². The smallest absolute Gasteiger partial charge is 0.234 e. The number of likely N-dealkylation sites (tertiary alicyclic amines) is 1. The van der Waals surface area contributed by atoms with Gasteiger partial charge in [-0.15, -0.1) is 0 Å². The maximum absolute atomic E-state index is 12.5. The van der Waals surface area contributed by atoms with Gasteiger partial charge in [-0.2, -0.15) is 0 Å². The Kier molecular flexibility index (Phi) is 7.38. The van der Waals surface area contributed by atoms with Gasteiger partial charge in [0.25, 0.3) is 0 Å². The molecule has 0 spiro atoms. The lowest BCUT2D eigenvalue weighted by molar-refractivity contribution is -0.127. The van der Waals surface area contributed by atoms with Crippen molar-refractivity contribution in [3.05, 3.63) is 71.8 Å². The van der Waals surface area contributed by atoms with E-state index in [1.54, 1.807) is 6.92 Å². The first kappa shape index (κ1) is 20.3. The van der Waals surface area contributed by atoms with Crippen LogP contribution < -0.4 is 5.32 Å². The van der Waals surface area contributed by atoms with E-state index >= 15 is 0 Å². The molecule has 0 aromatic heterocycles. The van der Waals surface area contributed by atoms with Crippen LogP contribution in [0.15, 0.2) is 60.7 Å². The number of rotatable bonds is 8. The van der Waals surface area contributed by atoms with Crippen molar-refractivity contribution in [2.75, 3.05) is 19.6 Å². The highest BCUT2D eigenvalue weighted by molar-refractivity contribution is 5.88. The Labute approximate surface area is 167 Å². The first-order valence-corrected chi connectivity index (χ1v) is 10.2. The Morgan fingerprint density at radius 3 is 2.11 bits per heavy atom. The summed E-state index contributed by atoms with van der Waals surface area (Å²) in [5.74, 6) is 0.626. The third kappa shape index (κ3) is 6.31. The minimum Gasteiger partial charge on any atom is -0.345 e. The van der Waals surface area contributed by atoms with E-state index in [0.29, 0.717) is 18.9 Å². The number of carbonyl (C=O) groups excluding carboxylic acids is 2. The maximum Gasteiger partial charge on any atom is 0.234 e. The number of hydrogen-bond donors (Lipinski definition) is 1. The molecule has 1 aliphatic heterocycles. The predicted molar refractivity (Wildman–Crippen MR) is 112 cm³/mol. The van der Waals surface area contributed by atoms with Crippen LogP contribution in [0.3, 0.4) is 0 Å². The summed E-state index contributed by atoms with van der Waals surface area (Å²) in [6.45, 7) is 3.79. The molecule has 28 heavy (non-hydrogen) atoms. The molecule has 0 saturated carbocycles. The Morgan fingerprint density at radius 2 is 1.54 bits per heavy atom. The van der Waals surface area contributed by atoms with Crippen LogP contribution >= 0.6 is 0 Å². The molecule has 1 atom stereocenters. The molecule has 3 rings (SSSR count). The molecule has 0 radical (unpaired) electrons. The van der Waals surface area contributed by atoms with Gasteiger partial charge in [0, 0.05) is 0 Å². The molecule has 2 aromatic rings. The molecule has 1 N–H and O–H groups in total. The van der Waals surface area contributed by atoms with E-state index in [9.17, 15) is 9.59 Å². The third-order valence-corrected chi connectivity index (χ3v) is 5.55. The van der Waals surface area contributed by atoms with Crippen LogP contribution in [0, 0.1) is 5.92 Å². The summed E-state index contributed by atoms with van der Waals surface area (Å²) in [6, 6.07) is 20.0. The summed E-state index contributed by atoms with van der Waals surface area (Å²) >= 11 is 0. The number of nitrogens with one attached hydrogen (secondary N) is 1. The van der Waals surface area contributed by atoms with Crippen LogP contribution in [-0.4, -0.2) is 42.3 Å². The lowest BCUT2D eigenvalue weighted by atomic mass is 9.90. The van der Waals surface area contributed by atoms with Crippen LogP contribution in [-0.2, 0) is 22.4 Å². The van der Waals surface area contributed by atoms with Gasteiger partial charge >= 0.3 is 0 Å². The Bertz CT molecular complexity index is 753. The lowest BCUT2D eigenvalue weighted by Gasteiger charge is -2.32. The minimum absolute atomic E-state index is 0.00114. The van der Waals surface area contributed by atoms with E-state index in [1.807, 2.05) is 30.3 Å². The highest BCUT2D eigenvalue weighted by atomic mass is 16.2. The molecule has 0 aliphatic carbocycles. The van der Waals surface area contributed by atoms with Crippen LogP contribution in [0.5, 0.6) is 0 Å². The molecule has 1 amide bonds. The zero-order chi connectivity index (χ0) is 19.8. The fraction of sp³-hybridized carbons (Fsp3) is 0.417. The molecule has 1 fully saturated rings. The number of carbonyl (C=O) groups is 2. The highest BCUT2D eigenvalue weighted by Gasteiger charge is 2.23. The fourth-order valence-electron chi connectivity index (χ4n) is 3.89. The molecule has 4 heteroatoms. The average molecular weight is 379 g/mol. The van der Waals surface area contributed by atoms with Gasteiger partial charge in [-0.3, -0.25) is 14.5 Å². The number of amides is 1. The topological polar surface area (TPSA) is 49.4 Å². The molecule has 1 heterocycles. The average Bonchev–Trinajstić information content (AvgIpc) is 2.70. The molecule has 0 unspecified atom stereocenters. The lowest BCUT2D eigenvalue weighted by Crippen LogP contribution is -2.47. The summed E-state index contributed by atoms with van der Waals surface area (Å²) in [7, 11) is 0. The molecule has 148 valence electrons. The monoisotopic (exact) mass is 378 g/mol. The SMILES string of the molecule is CC(=O)[C@H](Cc1ccccc1)NC(=O)CN1CCC(Cc2ccccc2)CC1. The second kappa shape index (κ2) is 10.2. The summed E-state index contributed by atoms with van der Waals surface area (Å²) in [4.78, 5) is 26.7. The van der Waals surface area contributed by atoms with Crippen LogP contribution in [0.4, 0.5) is 0 Å². The summed E-state index contributed by atoms with van der Waals surface area (Å²) < 4.78 is 0. The predicted octanol–water partition coefficient (Wildman–Crippen LogP) is 3.26. The van der Waals surface area contributed by atoms with Gasteiger partial charge < -0.3 is 5.32 Å². The Balaban J connectivity index is 1.43. The quantitative estimate of drug-likeness (QED) is 0.767. The maximum atomic E-state index is 12.5. The van der Waals surface area contributed by atoms with Gasteiger partial charge in [-0.25, -0.2) is 0 Å². The van der Waals surface area contributed by atoms with Gasteiger partial charge in [-0.1, -0.05) is 60.7 Å². The van der Waals surface area contributed by atoms with Gasteiger partial charge in [0.05, 0.1) is 12.6 Å².